The molecular formula is C9H5Cl4FN2O. The highest BCUT2D eigenvalue weighted by Crippen LogP contribution is 2.40. The molecule has 0 atom stereocenters. The molecule has 0 unspecified atom stereocenters. The molecule has 3 nitrogen and oxygen atoms in total. The summed E-state index contributed by atoms with van der Waals surface area (Å²) in [6.07, 6.45) is 0. The van der Waals surface area contributed by atoms with Gasteiger partial charge < -0.3 is 9.72 Å². The van der Waals surface area contributed by atoms with Crippen molar-refractivity contribution in [3.8, 4) is 5.75 Å². The average molecular weight is 318 g/mol. The Morgan fingerprint density at radius 2 is 2.06 bits per heavy atom. The van der Waals surface area contributed by atoms with E-state index in [0.717, 1.165) is 6.07 Å². The standard InChI is InChI=1S/C9H5Cl4FN2O/c1-17-4-2-3(14)6-7(5(4)10)16-8(15-6)9(11,12)13/h2H,1H3,(H,15,16). The number of aromatic nitrogens is 2. The topological polar surface area (TPSA) is 37.9 Å². The molecule has 0 amide bonds. The van der Waals surface area contributed by atoms with E-state index in [2.05, 4.69) is 9.97 Å². The van der Waals surface area contributed by atoms with Crippen LogP contribution in [-0.2, 0) is 3.79 Å². The van der Waals surface area contributed by atoms with E-state index in [1.54, 1.807) is 0 Å². The lowest BCUT2D eigenvalue weighted by Crippen LogP contribution is -2.02. The molecule has 2 rings (SSSR count). The summed E-state index contributed by atoms with van der Waals surface area (Å²) in [5, 5.41) is 0.178. The van der Waals surface area contributed by atoms with Crippen molar-refractivity contribution in [2.45, 2.75) is 3.79 Å². The van der Waals surface area contributed by atoms with E-state index in [4.69, 9.17) is 51.1 Å². The molecule has 1 aromatic carbocycles. The summed E-state index contributed by atoms with van der Waals surface area (Å²) in [5.74, 6) is -0.444. The van der Waals surface area contributed by atoms with Crippen molar-refractivity contribution in [1.82, 2.24) is 9.97 Å². The summed E-state index contributed by atoms with van der Waals surface area (Å²) in [7, 11) is 1.37. The van der Waals surface area contributed by atoms with Gasteiger partial charge in [0.25, 0.3) is 0 Å². The van der Waals surface area contributed by atoms with Gasteiger partial charge in [-0.25, -0.2) is 9.37 Å². The summed E-state index contributed by atoms with van der Waals surface area (Å²) < 4.78 is 16.8. The van der Waals surface area contributed by atoms with Crippen LogP contribution in [0, 0.1) is 5.82 Å². The van der Waals surface area contributed by atoms with Gasteiger partial charge in [0.15, 0.2) is 11.6 Å². The molecule has 0 radical (unpaired) electrons. The van der Waals surface area contributed by atoms with Gasteiger partial charge in [0.1, 0.15) is 16.3 Å². The van der Waals surface area contributed by atoms with Gasteiger partial charge in [-0.3, -0.25) is 0 Å². The Bertz CT molecular complexity index is 578. The van der Waals surface area contributed by atoms with Crippen LogP contribution in [0.4, 0.5) is 4.39 Å². The van der Waals surface area contributed by atoms with Gasteiger partial charge in [-0.15, -0.1) is 0 Å². The highest BCUT2D eigenvalue weighted by Gasteiger charge is 2.28. The molecule has 17 heavy (non-hydrogen) atoms. The summed E-state index contributed by atoms with van der Waals surface area (Å²) in [6, 6.07) is 1.12. The number of H-pyrrole nitrogens is 1. The zero-order valence-electron chi connectivity index (χ0n) is 8.32. The second kappa shape index (κ2) is 4.35. The molecule has 1 N–H and O–H groups in total. The lowest BCUT2D eigenvalue weighted by molar-refractivity contribution is 0.412. The first-order valence-electron chi connectivity index (χ1n) is 4.33. The Morgan fingerprint density at radius 3 is 2.59 bits per heavy atom. The van der Waals surface area contributed by atoms with Gasteiger partial charge in [0.2, 0.25) is 3.79 Å². The number of ether oxygens (including phenoxy) is 1. The number of hydrogen-bond acceptors (Lipinski definition) is 2. The number of hydrogen-bond donors (Lipinski definition) is 1. The van der Waals surface area contributed by atoms with Gasteiger partial charge in [-0.2, -0.15) is 0 Å². The normalized spacial score (nSPS) is 12.1. The molecular weight excluding hydrogens is 313 g/mol. The summed E-state index contributed by atoms with van der Waals surface area (Å²) in [6.45, 7) is 0. The van der Waals surface area contributed by atoms with Crippen LogP contribution in [0.25, 0.3) is 11.0 Å². The van der Waals surface area contributed by atoms with E-state index in [1.165, 1.54) is 7.11 Å². The quantitative estimate of drug-likeness (QED) is 0.801. The Kier molecular flexibility index (Phi) is 3.34. The van der Waals surface area contributed by atoms with E-state index in [-0.39, 0.29) is 27.6 Å². The second-order valence-electron chi connectivity index (χ2n) is 3.18. The number of methoxy groups -OCH3 is 1. The third kappa shape index (κ3) is 2.27. The Morgan fingerprint density at radius 1 is 1.41 bits per heavy atom. The molecule has 1 heterocycles. The molecule has 0 aliphatic carbocycles. The van der Waals surface area contributed by atoms with Crippen molar-refractivity contribution in [2.24, 2.45) is 0 Å². The maximum atomic E-state index is 13.7. The van der Waals surface area contributed by atoms with E-state index >= 15 is 0 Å². The zero-order valence-corrected chi connectivity index (χ0v) is 11.3. The third-order valence-corrected chi connectivity index (χ3v) is 3.02. The van der Waals surface area contributed by atoms with Gasteiger partial charge in [0.05, 0.1) is 12.6 Å². The monoisotopic (exact) mass is 316 g/mol. The fraction of sp³-hybridized carbons (Fsp3) is 0.222. The molecule has 0 aliphatic rings. The van der Waals surface area contributed by atoms with Crippen LogP contribution in [0.15, 0.2) is 6.07 Å². The molecule has 0 saturated heterocycles. The van der Waals surface area contributed by atoms with Crippen LogP contribution in [0.3, 0.4) is 0 Å². The Labute approximate surface area is 116 Å². The van der Waals surface area contributed by atoms with Crippen LogP contribution in [0.1, 0.15) is 5.82 Å². The van der Waals surface area contributed by atoms with Crippen molar-refractivity contribution in [1.29, 1.82) is 0 Å². The maximum absolute atomic E-state index is 13.7. The van der Waals surface area contributed by atoms with Crippen LogP contribution in [-0.4, -0.2) is 17.1 Å². The predicted octanol–water partition coefficient (Wildman–Crippen LogP) is 4.19. The molecule has 92 valence electrons. The molecule has 0 bridgehead atoms. The SMILES string of the molecule is COc1cc(F)c2nc(C(Cl)(Cl)Cl)[nH]c2c1Cl. The molecule has 0 saturated carbocycles. The van der Waals surface area contributed by atoms with Crippen molar-refractivity contribution in [2.75, 3.05) is 7.11 Å². The predicted molar refractivity (Wildman–Crippen MR) is 66.9 cm³/mol. The Hall–Kier alpha value is -0.420. The smallest absolute Gasteiger partial charge is 0.248 e. The van der Waals surface area contributed by atoms with Crippen LogP contribution < -0.4 is 4.74 Å². The molecule has 0 aliphatic heterocycles. The number of alkyl halides is 3. The highest BCUT2D eigenvalue weighted by molar-refractivity contribution is 6.66. The van der Waals surface area contributed by atoms with Crippen LogP contribution in [0.5, 0.6) is 5.75 Å². The summed E-state index contributed by atoms with van der Waals surface area (Å²) in [5.41, 5.74) is 0.224. The highest BCUT2D eigenvalue weighted by atomic mass is 35.6. The number of halogens is 5. The third-order valence-electron chi connectivity index (χ3n) is 2.11. The number of fused-ring (bicyclic) bond motifs is 1. The lowest BCUT2D eigenvalue weighted by Gasteiger charge is -2.05. The van der Waals surface area contributed by atoms with Crippen LogP contribution >= 0.6 is 46.4 Å². The first-order valence-corrected chi connectivity index (χ1v) is 5.84. The van der Waals surface area contributed by atoms with Crippen molar-refractivity contribution < 1.29 is 9.13 Å². The number of rotatable bonds is 1. The van der Waals surface area contributed by atoms with Crippen molar-refractivity contribution in [3.63, 3.8) is 0 Å². The minimum Gasteiger partial charge on any atom is -0.495 e. The number of nitrogens with zero attached hydrogens (tertiary/aromatic N) is 1. The summed E-state index contributed by atoms with van der Waals surface area (Å²) >= 11 is 22.9. The number of aromatic amines is 1. The second-order valence-corrected chi connectivity index (χ2v) is 5.84. The van der Waals surface area contributed by atoms with E-state index in [0.29, 0.717) is 0 Å². The number of imidazole rings is 1. The molecule has 0 spiro atoms. The van der Waals surface area contributed by atoms with Gasteiger partial charge in [-0.05, 0) is 0 Å². The Balaban J connectivity index is 2.77. The zero-order chi connectivity index (χ0) is 12.8. The van der Waals surface area contributed by atoms with Crippen LogP contribution in [0.2, 0.25) is 5.02 Å². The van der Waals surface area contributed by atoms with E-state index in [1.807, 2.05) is 0 Å². The fourth-order valence-corrected chi connectivity index (χ4v) is 1.89. The fourth-order valence-electron chi connectivity index (χ4n) is 1.36. The minimum atomic E-state index is -1.78. The van der Waals surface area contributed by atoms with Crippen molar-refractivity contribution in [3.05, 3.63) is 22.7 Å². The molecule has 1 aromatic heterocycles. The maximum Gasteiger partial charge on any atom is 0.248 e. The van der Waals surface area contributed by atoms with Gasteiger partial charge in [0, 0.05) is 6.07 Å². The molecule has 0 fully saturated rings. The first-order chi connectivity index (χ1) is 7.84. The van der Waals surface area contributed by atoms with E-state index < -0.39 is 9.61 Å². The van der Waals surface area contributed by atoms with Gasteiger partial charge >= 0.3 is 0 Å². The lowest BCUT2D eigenvalue weighted by atomic mass is 10.3. The minimum absolute atomic E-state index is 0.00266. The van der Waals surface area contributed by atoms with Crippen molar-refractivity contribution >= 4 is 57.4 Å². The van der Waals surface area contributed by atoms with Gasteiger partial charge in [-0.1, -0.05) is 46.4 Å². The molecule has 8 heteroatoms. The first kappa shape index (κ1) is 13.0. The average Bonchev–Trinajstić information content (AvgIpc) is 2.68. The summed E-state index contributed by atoms with van der Waals surface area (Å²) in [4.78, 5) is 6.51. The number of nitrogens with one attached hydrogen (secondary N) is 1. The molecule has 2 aromatic rings. The largest absolute Gasteiger partial charge is 0.495 e. The van der Waals surface area contributed by atoms with E-state index in [9.17, 15) is 4.39 Å². The number of benzene rings is 1.